The minimum atomic E-state index is -1.04. The molecule has 0 aromatic heterocycles. The third kappa shape index (κ3) is 5.11. The van der Waals surface area contributed by atoms with Crippen LogP contribution in [0.3, 0.4) is 0 Å². The second kappa shape index (κ2) is 8.72. The third-order valence-electron chi connectivity index (χ3n) is 3.69. The van der Waals surface area contributed by atoms with E-state index in [9.17, 15) is 18.4 Å². The minimum Gasteiger partial charge on any atom is -0.467 e. The summed E-state index contributed by atoms with van der Waals surface area (Å²) in [5.74, 6) is -3.20. The van der Waals surface area contributed by atoms with Crippen molar-refractivity contribution in [1.82, 2.24) is 5.32 Å². The Morgan fingerprint density at radius 2 is 1.77 bits per heavy atom. The van der Waals surface area contributed by atoms with Gasteiger partial charge in [0.05, 0.1) is 25.2 Å². The maximum Gasteiger partial charge on any atom is 0.328 e. The number of esters is 1. The van der Waals surface area contributed by atoms with Gasteiger partial charge in [-0.25, -0.2) is 13.6 Å². The molecular weight excluding hydrogens is 342 g/mol. The van der Waals surface area contributed by atoms with Gasteiger partial charge in [0.2, 0.25) is 5.91 Å². The van der Waals surface area contributed by atoms with Crippen LogP contribution in [0.1, 0.15) is 16.7 Å². The van der Waals surface area contributed by atoms with Gasteiger partial charge in [0.25, 0.3) is 0 Å². The van der Waals surface area contributed by atoms with Crippen LogP contribution in [0.15, 0.2) is 42.5 Å². The highest BCUT2D eigenvalue weighted by atomic mass is 19.2. The van der Waals surface area contributed by atoms with Crippen LogP contribution in [0.2, 0.25) is 0 Å². The molecule has 1 atom stereocenters. The summed E-state index contributed by atoms with van der Waals surface area (Å²) in [6.45, 7) is 0. The summed E-state index contributed by atoms with van der Waals surface area (Å²) in [5.41, 5.74) is 1.49. The highest BCUT2D eigenvalue weighted by Gasteiger charge is 2.22. The predicted molar refractivity (Wildman–Crippen MR) is 88.9 cm³/mol. The first-order valence-electron chi connectivity index (χ1n) is 7.73. The Morgan fingerprint density at radius 3 is 2.35 bits per heavy atom. The van der Waals surface area contributed by atoms with E-state index >= 15 is 0 Å². The van der Waals surface area contributed by atoms with E-state index in [1.165, 1.54) is 13.2 Å². The fraction of sp³-hybridized carbons (Fsp3) is 0.211. The number of halogens is 2. The Kier molecular flexibility index (Phi) is 6.39. The lowest BCUT2D eigenvalue weighted by Gasteiger charge is -2.17. The number of ether oxygens (including phenoxy) is 1. The molecule has 0 aliphatic carbocycles. The van der Waals surface area contributed by atoms with E-state index in [0.29, 0.717) is 5.56 Å². The number of hydrogen-bond acceptors (Lipinski definition) is 4. The second-order valence-corrected chi connectivity index (χ2v) is 5.58. The van der Waals surface area contributed by atoms with Crippen molar-refractivity contribution in [2.75, 3.05) is 7.11 Å². The largest absolute Gasteiger partial charge is 0.467 e. The fourth-order valence-electron chi connectivity index (χ4n) is 2.37. The molecule has 1 amide bonds. The average molecular weight is 358 g/mol. The average Bonchev–Trinajstić information content (AvgIpc) is 2.64. The molecule has 0 saturated heterocycles. The maximum absolute atomic E-state index is 13.2. The highest BCUT2D eigenvalue weighted by Crippen LogP contribution is 2.11. The van der Waals surface area contributed by atoms with Gasteiger partial charge in [-0.15, -0.1) is 0 Å². The van der Waals surface area contributed by atoms with Crippen LogP contribution in [0, 0.1) is 23.0 Å². The van der Waals surface area contributed by atoms with Crippen molar-refractivity contribution in [3.63, 3.8) is 0 Å². The van der Waals surface area contributed by atoms with E-state index in [1.807, 2.05) is 6.07 Å². The maximum atomic E-state index is 13.2. The van der Waals surface area contributed by atoms with Gasteiger partial charge in [0, 0.05) is 6.42 Å². The Bertz CT molecular complexity index is 845. The van der Waals surface area contributed by atoms with E-state index < -0.39 is 29.6 Å². The Labute approximate surface area is 149 Å². The number of nitrogens with one attached hydrogen (secondary N) is 1. The number of rotatable bonds is 6. The quantitative estimate of drug-likeness (QED) is 0.804. The minimum absolute atomic E-state index is 0.169. The summed E-state index contributed by atoms with van der Waals surface area (Å²) in [4.78, 5) is 24.1. The first-order chi connectivity index (χ1) is 12.4. The van der Waals surface area contributed by atoms with E-state index in [1.54, 1.807) is 24.3 Å². The number of benzene rings is 2. The number of methoxy groups -OCH3 is 1. The Hall–Kier alpha value is -3.27. The fourth-order valence-corrected chi connectivity index (χ4v) is 2.37. The number of nitrogens with zero attached hydrogens (tertiary/aromatic N) is 1. The summed E-state index contributed by atoms with van der Waals surface area (Å²) in [6, 6.07) is 10.8. The number of amides is 1. The number of hydrogen-bond donors (Lipinski definition) is 1. The molecule has 1 N–H and O–H groups in total. The number of carbonyl (C=O) groups is 2. The first kappa shape index (κ1) is 19.1. The summed E-state index contributed by atoms with van der Waals surface area (Å²) < 4.78 is 30.9. The van der Waals surface area contributed by atoms with Crippen LogP contribution in [-0.2, 0) is 27.2 Å². The molecule has 134 valence electrons. The van der Waals surface area contributed by atoms with Crippen molar-refractivity contribution in [3.8, 4) is 6.07 Å². The Morgan fingerprint density at radius 1 is 1.12 bits per heavy atom. The van der Waals surface area contributed by atoms with Gasteiger partial charge < -0.3 is 10.1 Å². The molecule has 2 rings (SSSR count). The molecule has 7 heteroatoms. The molecule has 0 heterocycles. The van der Waals surface area contributed by atoms with Crippen molar-refractivity contribution in [2.45, 2.75) is 18.9 Å². The second-order valence-electron chi connectivity index (χ2n) is 5.58. The third-order valence-corrected chi connectivity index (χ3v) is 3.69. The molecule has 0 unspecified atom stereocenters. The lowest BCUT2D eigenvalue weighted by atomic mass is 10.0. The summed E-state index contributed by atoms with van der Waals surface area (Å²) in [6.07, 6.45) is -0.0417. The molecule has 0 spiro atoms. The van der Waals surface area contributed by atoms with Crippen LogP contribution in [0.4, 0.5) is 8.78 Å². The van der Waals surface area contributed by atoms with E-state index in [4.69, 9.17) is 10.00 Å². The molecule has 26 heavy (non-hydrogen) atoms. The lowest BCUT2D eigenvalue weighted by Crippen LogP contribution is -2.43. The zero-order valence-corrected chi connectivity index (χ0v) is 14.0. The van der Waals surface area contributed by atoms with Gasteiger partial charge >= 0.3 is 5.97 Å². The van der Waals surface area contributed by atoms with Crippen LogP contribution in [-0.4, -0.2) is 25.0 Å². The van der Waals surface area contributed by atoms with Crippen molar-refractivity contribution < 1.29 is 23.1 Å². The van der Waals surface area contributed by atoms with Crippen LogP contribution < -0.4 is 5.32 Å². The van der Waals surface area contributed by atoms with Crippen molar-refractivity contribution in [3.05, 3.63) is 70.8 Å². The molecule has 0 bridgehead atoms. The standard InChI is InChI=1S/C19H16F2N2O3/c1-26-19(25)17(9-12-2-4-13(11-22)5-3-12)23-18(24)10-14-6-7-15(20)16(21)8-14/h2-8,17H,9-10H2,1H3,(H,23,24)/t17-/m0/s1. The highest BCUT2D eigenvalue weighted by molar-refractivity contribution is 5.85. The van der Waals surface area contributed by atoms with Crippen LogP contribution in [0.25, 0.3) is 0 Å². The van der Waals surface area contributed by atoms with Crippen molar-refractivity contribution in [1.29, 1.82) is 5.26 Å². The van der Waals surface area contributed by atoms with Gasteiger partial charge in [-0.2, -0.15) is 5.26 Å². The van der Waals surface area contributed by atoms with Gasteiger partial charge in [0.15, 0.2) is 11.6 Å². The summed E-state index contributed by atoms with van der Waals surface area (Å²) in [5, 5.41) is 11.3. The predicted octanol–water partition coefficient (Wildman–Crippen LogP) is 2.28. The molecule has 2 aromatic carbocycles. The lowest BCUT2D eigenvalue weighted by molar-refractivity contribution is -0.145. The molecule has 5 nitrogen and oxygen atoms in total. The van der Waals surface area contributed by atoms with Gasteiger partial charge in [0.1, 0.15) is 6.04 Å². The van der Waals surface area contributed by atoms with Gasteiger partial charge in [-0.1, -0.05) is 18.2 Å². The summed E-state index contributed by atoms with van der Waals surface area (Å²) in [7, 11) is 1.20. The van der Waals surface area contributed by atoms with Crippen LogP contribution in [0.5, 0.6) is 0 Å². The van der Waals surface area contributed by atoms with Crippen molar-refractivity contribution >= 4 is 11.9 Å². The SMILES string of the molecule is COC(=O)[C@H](Cc1ccc(C#N)cc1)NC(=O)Cc1ccc(F)c(F)c1. The van der Waals surface area contributed by atoms with Gasteiger partial charge in [-0.05, 0) is 35.4 Å². The molecular formula is C19H16F2N2O3. The molecule has 2 aromatic rings. The van der Waals surface area contributed by atoms with E-state index in [0.717, 1.165) is 17.7 Å². The number of carbonyl (C=O) groups excluding carboxylic acids is 2. The zero-order valence-electron chi connectivity index (χ0n) is 14.0. The topological polar surface area (TPSA) is 79.2 Å². The first-order valence-corrected chi connectivity index (χ1v) is 7.73. The molecule has 0 aliphatic rings. The normalized spacial score (nSPS) is 11.3. The monoisotopic (exact) mass is 358 g/mol. The van der Waals surface area contributed by atoms with Crippen LogP contribution >= 0.6 is 0 Å². The summed E-state index contributed by atoms with van der Waals surface area (Å²) >= 11 is 0. The number of nitriles is 1. The van der Waals surface area contributed by atoms with Crippen molar-refractivity contribution in [2.24, 2.45) is 0 Å². The molecule has 0 saturated carbocycles. The van der Waals surface area contributed by atoms with E-state index in [2.05, 4.69) is 5.32 Å². The molecule has 0 aliphatic heterocycles. The van der Waals surface area contributed by atoms with Gasteiger partial charge in [-0.3, -0.25) is 4.79 Å². The van der Waals surface area contributed by atoms with E-state index in [-0.39, 0.29) is 18.4 Å². The Balaban J connectivity index is 2.06. The smallest absolute Gasteiger partial charge is 0.328 e. The zero-order chi connectivity index (χ0) is 19.1. The molecule has 0 fully saturated rings. The molecule has 0 radical (unpaired) electrons.